The van der Waals surface area contributed by atoms with Crippen LogP contribution in [0.2, 0.25) is 0 Å². The third-order valence-corrected chi connectivity index (χ3v) is 7.77. The maximum Gasteiger partial charge on any atom is 0.387 e. The van der Waals surface area contributed by atoms with Gasteiger partial charge in [-0.2, -0.15) is 22.7 Å². The van der Waals surface area contributed by atoms with Crippen molar-refractivity contribution in [3.63, 3.8) is 0 Å². The molecule has 0 unspecified atom stereocenters. The monoisotopic (exact) mass is 553 g/mol. The highest BCUT2D eigenvalue weighted by Gasteiger charge is 2.36. The number of imidazole rings is 1. The van der Waals surface area contributed by atoms with E-state index in [1.807, 2.05) is 13.0 Å². The van der Waals surface area contributed by atoms with Crippen LogP contribution in [-0.2, 0) is 11.8 Å². The number of aromatic nitrogens is 6. The molecular formula is C28H27F4N7O. The Balaban J connectivity index is 1.18. The number of halogens is 4. The SMILES string of the molecule is Cc1[nH]c(C2(C)CCN(c3ncnc4c3C=C(c3cnn(C(F)F)c3)C4)CC2)nc1-c1ccc(OC(F)F)cc1. The zero-order valence-corrected chi connectivity index (χ0v) is 21.9. The molecule has 208 valence electrons. The average molecular weight is 554 g/mol. The maximum absolute atomic E-state index is 13.0. The number of piperidine rings is 1. The van der Waals surface area contributed by atoms with Crippen molar-refractivity contribution in [3.05, 3.63) is 71.3 Å². The lowest BCUT2D eigenvalue weighted by atomic mass is 9.79. The van der Waals surface area contributed by atoms with Gasteiger partial charge in [-0.15, -0.1) is 0 Å². The molecule has 0 saturated carbocycles. The minimum atomic E-state index is -2.87. The lowest BCUT2D eigenvalue weighted by molar-refractivity contribution is -0.0498. The number of fused-ring (bicyclic) bond motifs is 1. The molecule has 1 N–H and O–H groups in total. The number of hydrogen-bond acceptors (Lipinski definition) is 6. The molecule has 0 spiro atoms. The van der Waals surface area contributed by atoms with Crippen molar-refractivity contribution in [2.24, 2.45) is 0 Å². The van der Waals surface area contributed by atoms with E-state index in [2.05, 4.69) is 36.6 Å². The van der Waals surface area contributed by atoms with Crippen molar-refractivity contribution in [3.8, 4) is 17.0 Å². The van der Waals surface area contributed by atoms with Crippen LogP contribution in [0.15, 0.2) is 43.0 Å². The number of hydrogen-bond donors (Lipinski definition) is 1. The van der Waals surface area contributed by atoms with Gasteiger partial charge in [0.15, 0.2) is 0 Å². The van der Waals surface area contributed by atoms with Crippen molar-refractivity contribution in [2.45, 2.75) is 51.7 Å². The maximum atomic E-state index is 13.0. The Morgan fingerprint density at radius 2 is 1.77 bits per heavy atom. The largest absolute Gasteiger partial charge is 0.435 e. The van der Waals surface area contributed by atoms with Crippen LogP contribution in [0.3, 0.4) is 0 Å². The number of nitrogens with one attached hydrogen (secondary N) is 1. The van der Waals surface area contributed by atoms with Gasteiger partial charge in [0.05, 0.1) is 17.6 Å². The molecule has 1 aliphatic carbocycles. The van der Waals surface area contributed by atoms with Crippen LogP contribution in [0.5, 0.6) is 5.75 Å². The van der Waals surface area contributed by atoms with E-state index in [1.54, 1.807) is 18.5 Å². The number of aromatic amines is 1. The lowest BCUT2D eigenvalue weighted by Crippen LogP contribution is -2.42. The number of anilines is 1. The first-order chi connectivity index (χ1) is 19.2. The summed E-state index contributed by atoms with van der Waals surface area (Å²) >= 11 is 0. The number of allylic oxidation sites excluding steroid dienone is 1. The Bertz CT molecular complexity index is 1550. The van der Waals surface area contributed by atoms with Gasteiger partial charge in [0.25, 0.3) is 0 Å². The minimum Gasteiger partial charge on any atom is -0.435 e. The second kappa shape index (κ2) is 10.1. The quantitative estimate of drug-likeness (QED) is 0.282. The second-order valence-corrected chi connectivity index (χ2v) is 10.4. The summed E-state index contributed by atoms with van der Waals surface area (Å²) in [7, 11) is 0. The molecule has 1 fully saturated rings. The Labute approximate surface area is 227 Å². The first-order valence-corrected chi connectivity index (χ1v) is 12.9. The standard InChI is InChI=1S/C28H27F4N7O/c1-16-23(17-3-5-20(6-4-17)40-27(31)32)37-25(36-16)28(2)7-9-38(10-8-28)24-21-11-18(12-22(21)33-15-34-24)19-13-35-39(14-19)26(29)30/h3-6,11,13-15,26-27H,7-10,12H2,1-2H3,(H,36,37). The first-order valence-electron chi connectivity index (χ1n) is 12.9. The Kier molecular flexibility index (Phi) is 6.55. The van der Waals surface area contributed by atoms with Crippen molar-refractivity contribution < 1.29 is 22.3 Å². The van der Waals surface area contributed by atoms with Gasteiger partial charge < -0.3 is 14.6 Å². The van der Waals surface area contributed by atoms with Crippen LogP contribution in [0, 0.1) is 6.92 Å². The summed E-state index contributed by atoms with van der Waals surface area (Å²) in [5.41, 5.74) is 5.63. The number of alkyl halides is 4. The molecule has 2 aliphatic rings. The number of aryl methyl sites for hydroxylation is 1. The lowest BCUT2D eigenvalue weighted by Gasteiger charge is -2.39. The summed E-state index contributed by atoms with van der Waals surface area (Å²) in [5.74, 6) is 1.83. The summed E-state index contributed by atoms with van der Waals surface area (Å²) in [6, 6.07) is 6.48. The van der Waals surface area contributed by atoms with Gasteiger partial charge in [-0.1, -0.05) is 6.92 Å². The number of rotatable bonds is 7. The molecule has 8 nitrogen and oxygen atoms in total. The third kappa shape index (κ3) is 4.82. The fourth-order valence-electron chi connectivity index (χ4n) is 5.43. The van der Waals surface area contributed by atoms with Crippen LogP contribution in [-0.4, -0.2) is 49.4 Å². The minimum absolute atomic E-state index is 0.105. The van der Waals surface area contributed by atoms with Crippen molar-refractivity contribution in [1.82, 2.24) is 29.7 Å². The van der Waals surface area contributed by atoms with Crippen LogP contribution in [0.4, 0.5) is 23.4 Å². The highest BCUT2D eigenvalue weighted by atomic mass is 19.3. The molecule has 12 heteroatoms. The van der Waals surface area contributed by atoms with Crippen molar-refractivity contribution in [2.75, 3.05) is 18.0 Å². The molecule has 1 saturated heterocycles. The van der Waals surface area contributed by atoms with Crippen LogP contribution >= 0.6 is 0 Å². The molecule has 0 bridgehead atoms. The van der Waals surface area contributed by atoms with Gasteiger partial charge in [0.1, 0.15) is 23.7 Å². The van der Waals surface area contributed by atoms with E-state index in [0.717, 1.165) is 71.4 Å². The topological polar surface area (TPSA) is 84.8 Å². The molecule has 0 atom stereocenters. The molecule has 4 heterocycles. The summed E-state index contributed by atoms with van der Waals surface area (Å²) in [5, 5.41) is 3.76. The van der Waals surface area contributed by atoms with E-state index in [0.29, 0.717) is 16.7 Å². The van der Waals surface area contributed by atoms with Crippen molar-refractivity contribution in [1.29, 1.82) is 0 Å². The molecule has 4 aromatic rings. The molecule has 40 heavy (non-hydrogen) atoms. The fraction of sp³-hybridized carbons (Fsp3) is 0.357. The van der Waals surface area contributed by atoms with Gasteiger partial charge in [-0.3, -0.25) is 0 Å². The summed E-state index contributed by atoms with van der Waals surface area (Å²) < 4.78 is 56.1. The summed E-state index contributed by atoms with van der Waals surface area (Å²) in [6.07, 6.45) is 8.54. The van der Waals surface area contributed by atoms with Gasteiger partial charge in [0, 0.05) is 53.5 Å². The van der Waals surface area contributed by atoms with E-state index >= 15 is 0 Å². The summed E-state index contributed by atoms with van der Waals surface area (Å²) in [4.78, 5) is 19.6. The molecular weight excluding hydrogens is 526 g/mol. The average Bonchev–Trinajstić information content (AvgIpc) is 3.67. The third-order valence-electron chi connectivity index (χ3n) is 7.77. The molecule has 3 aromatic heterocycles. The molecule has 1 aromatic carbocycles. The number of nitrogens with zero attached hydrogens (tertiary/aromatic N) is 6. The molecule has 0 radical (unpaired) electrons. The highest BCUT2D eigenvalue weighted by Crippen LogP contribution is 2.40. The zero-order valence-electron chi connectivity index (χ0n) is 21.9. The van der Waals surface area contributed by atoms with E-state index in [1.165, 1.54) is 24.5 Å². The Hall–Kier alpha value is -4.22. The van der Waals surface area contributed by atoms with E-state index in [9.17, 15) is 17.6 Å². The van der Waals surface area contributed by atoms with Gasteiger partial charge in [-0.25, -0.2) is 19.6 Å². The Morgan fingerprint density at radius 1 is 1.02 bits per heavy atom. The van der Waals surface area contributed by atoms with E-state index in [-0.39, 0.29) is 11.2 Å². The van der Waals surface area contributed by atoms with Crippen LogP contribution in [0.25, 0.3) is 22.9 Å². The number of H-pyrrole nitrogens is 1. The first kappa shape index (κ1) is 26.0. The van der Waals surface area contributed by atoms with Crippen LogP contribution < -0.4 is 9.64 Å². The van der Waals surface area contributed by atoms with Gasteiger partial charge >= 0.3 is 13.2 Å². The normalized spacial score (nSPS) is 16.5. The Morgan fingerprint density at radius 3 is 2.45 bits per heavy atom. The molecule has 6 rings (SSSR count). The van der Waals surface area contributed by atoms with Crippen molar-refractivity contribution >= 4 is 17.5 Å². The van der Waals surface area contributed by atoms with E-state index < -0.39 is 13.2 Å². The number of ether oxygens (including phenoxy) is 1. The smallest absolute Gasteiger partial charge is 0.387 e. The van der Waals surface area contributed by atoms with Gasteiger partial charge in [0.2, 0.25) is 0 Å². The second-order valence-electron chi connectivity index (χ2n) is 10.4. The molecule has 1 aliphatic heterocycles. The predicted molar refractivity (Wildman–Crippen MR) is 141 cm³/mol. The fourth-order valence-corrected chi connectivity index (χ4v) is 5.43. The van der Waals surface area contributed by atoms with Crippen LogP contribution in [0.1, 0.15) is 54.7 Å². The molecule has 0 amide bonds. The number of benzene rings is 1. The zero-order chi connectivity index (χ0) is 28.0. The highest BCUT2D eigenvalue weighted by molar-refractivity contribution is 5.90. The van der Waals surface area contributed by atoms with Gasteiger partial charge in [-0.05, 0) is 55.7 Å². The van der Waals surface area contributed by atoms with E-state index in [4.69, 9.17) is 4.98 Å². The predicted octanol–water partition coefficient (Wildman–Crippen LogP) is 6.02. The summed E-state index contributed by atoms with van der Waals surface area (Å²) in [6.45, 7) is 0.0953.